The number of rotatable bonds is 8. The van der Waals surface area contributed by atoms with Crippen LogP contribution < -0.4 is 10.1 Å². The number of aromatic nitrogens is 3. The van der Waals surface area contributed by atoms with Crippen molar-refractivity contribution in [2.24, 2.45) is 0 Å². The van der Waals surface area contributed by atoms with Crippen molar-refractivity contribution in [2.45, 2.75) is 38.1 Å². The number of benzene rings is 2. The largest absolute Gasteiger partial charge is 0.489 e. The van der Waals surface area contributed by atoms with Crippen LogP contribution >= 0.6 is 27.7 Å². The van der Waals surface area contributed by atoms with Crippen molar-refractivity contribution in [2.75, 3.05) is 18.2 Å². The molecule has 1 aliphatic heterocycles. The van der Waals surface area contributed by atoms with Gasteiger partial charge >= 0.3 is 5.97 Å². The molecule has 1 aliphatic rings. The predicted octanol–water partition coefficient (Wildman–Crippen LogP) is 5.58. The van der Waals surface area contributed by atoms with Gasteiger partial charge in [0, 0.05) is 21.5 Å². The van der Waals surface area contributed by atoms with Crippen LogP contribution in [0.15, 0.2) is 69.4 Å². The highest BCUT2D eigenvalue weighted by atomic mass is 79.9. The molecule has 2 heterocycles. The third-order valence-electron chi connectivity index (χ3n) is 5.18. The van der Waals surface area contributed by atoms with Crippen LogP contribution in [-0.4, -0.2) is 33.6 Å². The average Bonchev–Trinajstić information content (AvgIpc) is 3.23. The molecule has 4 rings (SSSR count). The van der Waals surface area contributed by atoms with E-state index in [0.717, 1.165) is 27.8 Å². The Morgan fingerprint density at radius 1 is 1.24 bits per heavy atom. The van der Waals surface area contributed by atoms with E-state index in [4.69, 9.17) is 14.6 Å². The van der Waals surface area contributed by atoms with E-state index in [1.807, 2.05) is 55.5 Å². The lowest BCUT2D eigenvalue weighted by Gasteiger charge is -2.29. The maximum atomic E-state index is 12.9. The summed E-state index contributed by atoms with van der Waals surface area (Å²) in [4.78, 5) is 17.5. The van der Waals surface area contributed by atoms with Crippen LogP contribution in [-0.2, 0) is 16.1 Å². The first-order valence-electron chi connectivity index (χ1n) is 10.6. The van der Waals surface area contributed by atoms with Gasteiger partial charge in [0.05, 0.1) is 12.7 Å². The summed E-state index contributed by atoms with van der Waals surface area (Å²) < 4.78 is 14.0. The van der Waals surface area contributed by atoms with Crippen LogP contribution in [0.5, 0.6) is 5.75 Å². The lowest BCUT2D eigenvalue weighted by atomic mass is 9.95. The number of anilines is 1. The molecule has 0 radical (unpaired) electrons. The molecule has 0 spiro atoms. The second-order valence-electron chi connectivity index (χ2n) is 7.53. The first-order valence-corrected chi connectivity index (χ1v) is 12.4. The molecule has 2 aromatic carbocycles. The highest BCUT2D eigenvalue weighted by Gasteiger charge is 2.36. The number of fused-ring (bicyclic) bond motifs is 1. The fourth-order valence-electron chi connectivity index (χ4n) is 3.65. The topological polar surface area (TPSA) is 78.3 Å². The van der Waals surface area contributed by atoms with Gasteiger partial charge in [-0.05, 0) is 37.1 Å². The Bertz CT molecular complexity index is 1180. The fourth-order valence-corrected chi connectivity index (χ4v) is 4.71. The van der Waals surface area contributed by atoms with E-state index in [9.17, 15) is 4.79 Å². The van der Waals surface area contributed by atoms with Crippen LogP contribution in [0.1, 0.15) is 37.4 Å². The highest BCUT2D eigenvalue weighted by Crippen LogP contribution is 2.41. The lowest BCUT2D eigenvalue weighted by Crippen LogP contribution is -2.29. The summed E-state index contributed by atoms with van der Waals surface area (Å²) in [6.07, 6.45) is 1.01. The molecule has 0 amide bonds. The summed E-state index contributed by atoms with van der Waals surface area (Å²) in [5.41, 5.74) is 2.98. The summed E-state index contributed by atoms with van der Waals surface area (Å²) in [6, 6.07) is 15.2. The van der Waals surface area contributed by atoms with E-state index in [-0.39, 0.29) is 0 Å². The van der Waals surface area contributed by atoms with Crippen molar-refractivity contribution in [3.05, 3.63) is 75.4 Å². The SMILES string of the molecule is CCCSc1nc2n(n1)C(c1cc(Br)ccc1OCc1ccccc1)C(C(=O)OC)=C(C)N2. The van der Waals surface area contributed by atoms with Crippen molar-refractivity contribution < 1.29 is 14.3 Å². The molecule has 9 heteroatoms. The Balaban J connectivity index is 1.80. The molecule has 0 saturated heterocycles. The maximum absolute atomic E-state index is 12.9. The minimum Gasteiger partial charge on any atom is -0.489 e. The quantitative estimate of drug-likeness (QED) is 0.301. The van der Waals surface area contributed by atoms with Crippen LogP contribution in [0.2, 0.25) is 0 Å². The normalized spacial score (nSPS) is 15.1. The van der Waals surface area contributed by atoms with Gasteiger partial charge in [0.25, 0.3) is 0 Å². The molecule has 0 aliphatic carbocycles. The van der Waals surface area contributed by atoms with Gasteiger partial charge in [0.15, 0.2) is 0 Å². The third kappa shape index (κ3) is 5.09. The molecular formula is C24H25BrN4O3S. The predicted molar refractivity (Wildman–Crippen MR) is 132 cm³/mol. The number of carbonyl (C=O) groups excluding carboxylic acids is 1. The molecule has 0 fully saturated rings. The van der Waals surface area contributed by atoms with Crippen LogP contribution in [0.25, 0.3) is 0 Å². The maximum Gasteiger partial charge on any atom is 0.338 e. The minimum absolute atomic E-state index is 0.401. The van der Waals surface area contributed by atoms with E-state index < -0.39 is 12.0 Å². The van der Waals surface area contributed by atoms with Gasteiger partial charge in [-0.3, -0.25) is 0 Å². The van der Waals surface area contributed by atoms with E-state index in [1.165, 1.54) is 7.11 Å². The van der Waals surface area contributed by atoms with E-state index in [2.05, 4.69) is 33.2 Å². The lowest BCUT2D eigenvalue weighted by molar-refractivity contribution is -0.136. The van der Waals surface area contributed by atoms with Gasteiger partial charge in [-0.25, -0.2) is 9.48 Å². The van der Waals surface area contributed by atoms with E-state index >= 15 is 0 Å². The Morgan fingerprint density at radius 3 is 2.76 bits per heavy atom. The fraction of sp³-hybridized carbons (Fsp3) is 0.292. The van der Waals surface area contributed by atoms with Crippen LogP contribution in [0.3, 0.4) is 0 Å². The molecule has 1 aromatic heterocycles. The van der Waals surface area contributed by atoms with Crippen molar-refractivity contribution in [1.29, 1.82) is 0 Å². The van der Waals surface area contributed by atoms with Crippen molar-refractivity contribution in [3.8, 4) is 5.75 Å². The number of esters is 1. The van der Waals surface area contributed by atoms with E-state index in [0.29, 0.717) is 34.7 Å². The smallest absolute Gasteiger partial charge is 0.338 e. The average molecular weight is 529 g/mol. The molecular weight excluding hydrogens is 504 g/mol. The van der Waals surface area contributed by atoms with Gasteiger partial charge < -0.3 is 14.8 Å². The Hall–Kier alpha value is -2.78. The number of ether oxygens (including phenoxy) is 2. The Labute approximate surface area is 205 Å². The zero-order chi connectivity index (χ0) is 23.4. The summed E-state index contributed by atoms with van der Waals surface area (Å²) in [5.74, 6) is 1.72. The van der Waals surface area contributed by atoms with Gasteiger partial charge in [-0.15, -0.1) is 5.10 Å². The molecule has 33 heavy (non-hydrogen) atoms. The number of hydrogen-bond donors (Lipinski definition) is 1. The van der Waals surface area contributed by atoms with Gasteiger partial charge in [0.1, 0.15) is 18.4 Å². The number of allylic oxidation sites excluding steroid dienone is 1. The monoisotopic (exact) mass is 528 g/mol. The number of carbonyl (C=O) groups is 1. The number of hydrogen-bond acceptors (Lipinski definition) is 7. The third-order valence-corrected chi connectivity index (χ3v) is 6.71. The van der Waals surface area contributed by atoms with Gasteiger partial charge in [0.2, 0.25) is 11.1 Å². The van der Waals surface area contributed by atoms with Crippen LogP contribution in [0.4, 0.5) is 5.95 Å². The van der Waals surface area contributed by atoms with Gasteiger partial charge in [-0.2, -0.15) is 4.98 Å². The molecule has 1 N–H and O–H groups in total. The zero-order valence-corrected chi connectivity index (χ0v) is 21.1. The van der Waals surface area contributed by atoms with Crippen molar-refractivity contribution in [1.82, 2.24) is 14.8 Å². The first-order chi connectivity index (χ1) is 16.0. The summed E-state index contributed by atoms with van der Waals surface area (Å²) >= 11 is 5.16. The molecule has 1 atom stereocenters. The highest BCUT2D eigenvalue weighted by molar-refractivity contribution is 9.10. The summed E-state index contributed by atoms with van der Waals surface area (Å²) in [5, 5.41) is 8.60. The molecule has 7 nitrogen and oxygen atoms in total. The van der Waals surface area contributed by atoms with Crippen molar-refractivity contribution in [3.63, 3.8) is 0 Å². The Morgan fingerprint density at radius 2 is 2.03 bits per heavy atom. The minimum atomic E-state index is -0.555. The molecule has 1 unspecified atom stereocenters. The van der Waals surface area contributed by atoms with E-state index in [1.54, 1.807) is 16.4 Å². The number of thioether (sulfide) groups is 1. The molecule has 3 aromatic rings. The Kier molecular flexibility index (Phi) is 7.39. The number of nitrogens with zero attached hydrogens (tertiary/aromatic N) is 3. The summed E-state index contributed by atoms with van der Waals surface area (Å²) in [6.45, 7) is 4.36. The standard InChI is InChI=1S/C24H25BrN4O3S/c1-4-12-33-24-27-23-26-15(2)20(22(30)31-3)21(29(23)28-24)18-13-17(25)10-11-19(18)32-14-16-8-6-5-7-9-16/h5-11,13,21H,4,12,14H2,1-3H3,(H,26,27,28). The van der Waals surface area contributed by atoms with Crippen molar-refractivity contribution >= 4 is 39.6 Å². The second-order valence-corrected chi connectivity index (χ2v) is 9.50. The summed E-state index contributed by atoms with van der Waals surface area (Å²) in [7, 11) is 1.38. The number of halogens is 1. The molecule has 0 bridgehead atoms. The number of nitrogens with one attached hydrogen (secondary N) is 1. The zero-order valence-electron chi connectivity index (χ0n) is 18.7. The van der Waals surface area contributed by atoms with Crippen LogP contribution in [0, 0.1) is 0 Å². The second kappa shape index (κ2) is 10.4. The molecule has 172 valence electrons. The molecule has 0 saturated carbocycles. The number of methoxy groups -OCH3 is 1. The first kappa shape index (κ1) is 23.4. The van der Waals surface area contributed by atoms with Gasteiger partial charge in [-0.1, -0.05) is 64.9 Å².